The van der Waals surface area contributed by atoms with Crippen LogP contribution in [0.2, 0.25) is 0 Å². The lowest BCUT2D eigenvalue weighted by Crippen LogP contribution is -2.35. The van der Waals surface area contributed by atoms with Crippen molar-refractivity contribution in [2.24, 2.45) is 0 Å². The number of hydrogen-bond acceptors (Lipinski definition) is 3. The van der Waals surface area contributed by atoms with Gasteiger partial charge in [0.2, 0.25) is 0 Å². The average Bonchev–Trinajstić information content (AvgIpc) is 2.48. The third-order valence-electron chi connectivity index (χ3n) is 3.21. The van der Waals surface area contributed by atoms with Gasteiger partial charge in [0.1, 0.15) is 4.20 Å². The third kappa shape index (κ3) is 3.52. The first kappa shape index (κ1) is 15.7. The van der Waals surface area contributed by atoms with Crippen LogP contribution >= 0.6 is 24.0 Å². The fraction of sp³-hybridized carbons (Fsp3) is 0.176. The van der Waals surface area contributed by atoms with Crippen molar-refractivity contribution >= 4 is 39.6 Å². The van der Waals surface area contributed by atoms with Gasteiger partial charge in [-0.25, -0.2) is 0 Å². The number of aliphatic hydroxyl groups excluding tert-OH is 1. The van der Waals surface area contributed by atoms with Gasteiger partial charge in [-0.15, -0.1) is 11.8 Å². The van der Waals surface area contributed by atoms with E-state index in [1.54, 1.807) is 0 Å². The van der Waals surface area contributed by atoms with Crippen LogP contribution in [0.3, 0.4) is 0 Å². The fourth-order valence-electron chi connectivity index (χ4n) is 2.18. The monoisotopic (exact) mass is 316 g/mol. The van der Waals surface area contributed by atoms with Crippen molar-refractivity contribution in [3.8, 4) is 0 Å². The molecule has 2 aromatic rings. The second kappa shape index (κ2) is 6.87. The van der Waals surface area contributed by atoms with Gasteiger partial charge in [-0.2, -0.15) is 4.57 Å². The zero-order valence-electron chi connectivity index (χ0n) is 12.3. The highest BCUT2D eigenvalue weighted by atomic mass is 32.2. The standard InChI is InChI=1S/C17H17NOS2/c1-12-7-8-14(13(2)11-12)16(19)15(17(20)21-3)18-9-5-4-6-10-18/h4-11H,1-3H3/p+1. The molecule has 0 aliphatic heterocycles. The maximum absolute atomic E-state index is 10.8. The number of hydrogen-bond donors (Lipinski definition) is 1. The summed E-state index contributed by atoms with van der Waals surface area (Å²) in [6.07, 6.45) is 5.69. The number of aromatic nitrogens is 1. The van der Waals surface area contributed by atoms with Crippen LogP contribution in [0.5, 0.6) is 0 Å². The predicted octanol–water partition coefficient (Wildman–Crippen LogP) is 4.17. The Morgan fingerprint density at radius 2 is 1.81 bits per heavy atom. The molecule has 1 N–H and O–H groups in total. The van der Waals surface area contributed by atoms with Crippen LogP contribution in [-0.4, -0.2) is 15.6 Å². The summed E-state index contributed by atoms with van der Waals surface area (Å²) >= 11 is 6.88. The molecule has 1 heterocycles. The minimum absolute atomic E-state index is 0.211. The highest BCUT2D eigenvalue weighted by Gasteiger charge is 2.23. The maximum atomic E-state index is 10.8. The Labute approximate surface area is 135 Å². The van der Waals surface area contributed by atoms with Crippen molar-refractivity contribution in [2.75, 3.05) is 6.26 Å². The summed E-state index contributed by atoms with van der Waals surface area (Å²) in [4.78, 5) is 0. The van der Waals surface area contributed by atoms with Crippen molar-refractivity contribution in [3.05, 3.63) is 65.5 Å². The van der Waals surface area contributed by atoms with Crippen LogP contribution in [0, 0.1) is 13.8 Å². The second-order valence-electron chi connectivity index (χ2n) is 4.79. The van der Waals surface area contributed by atoms with Crippen LogP contribution < -0.4 is 4.57 Å². The van der Waals surface area contributed by atoms with Gasteiger partial charge in [-0.3, -0.25) is 0 Å². The van der Waals surface area contributed by atoms with E-state index >= 15 is 0 Å². The Hall–Kier alpha value is -1.65. The molecule has 108 valence electrons. The molecule has 0 bridgehead atoms. The average molecular weight is 316 g/mol. The number of pyridine rings is 1. The highest BCUT2D eigenvalue weighted by Crippen LogP contribution is 2.24. The topological polar surface area (TPSA) is 24.1 Å². The van der Waals surface area contributed by atoms with Gasteiger partial charge in [0.25, 0.3) is 5.70 Å². The molecule has 0 aliphatic carbocycles. The molecule has 2 rings (SSSR count). The summed E-state index contributed by atoms with van der Waals surface area (Å²) in [7, 11) is 0. The quantitative estimate of drug-likeness (QED) is 0.398. The lowest BCUT2D eigenvalue weighted by atomic mass is 10.0. The molecule has 0 radical (unpaired) electrons. The number of rotatable bonds is 3. The van der Waals surface area contributed by atoms with Crippen molar-refractivity contribution in [2.45, 2.75) is 13.8 Å². The number of thiocarbonyl (C=S) groups is 1. The third-order valence-corrected chi connectivity index (χ3v) is 4.47. The number of aliphatic hydroxyl groups is 1. The Morgan fingerprint density at radius 1 is 1.14 bits per heavy atom. The van der Waals surface area contributed by atoms with Crippen molar-refractivity contribution < 1.29 is 9.67 Å². The van der Waals surface area contributed by atoms with Crippen LogP contribution in [0.1, 0.15) is 16.7 Å². The van der Waals surface area contributed by atoms with E-state index in [-0.39, 0.29) is 5.76 Å². The van der Waals surface area contributed by atoms with E-state index in [0.29, 0.717) is 9.89 Å². The smallest absolute Gasteiger partial charge is 0.278 e. The molecule has 0 spiro atoms. The minimum Gasteiger partial charge on any atom is -0.502 e. The van der Waals surface area contributed by atoms with E-state index in [1.807, 2.05) is 67.4 Å². The van der Waals surface area contributed by atoms with Gasteiger partial charge in [-0.05, 0) is 25.7 Å². The molecule has 1 aromatic heterocycles. The van der Waals surface area contributed by atoms with E-state index in [2.05, 4.69) is 6.07 Å². The molecular weight excluding hydrogens is 298 g/mol. The predicted molar refractivity (Wildman–Crippen MR) is 94.4 cm³/mol. The Kier molecular flexibility index (Phi) is 5.15. The minimum atomic E-state index is 0.211. The van der Waals surface area contributed by atoms with E-state index in [9.17, 15) is 5.11 Å². The first-order valence-corrected chi connectivity index (χ1v) is 8.23. The Morgan fingerprint density at radius 3 is 2.38 bits per heavy atom. The molecular formula is C17H18NOS2+. The molecule has 0 amide bonds. The van der Waals surface area contributed by atoms with Crippen molar-refractivity contribution in [3.63, 3.8) is 0 Å². The first-order chi connectivity index (χ1) is 10.0. The maximum Gasteiger partial charge on any atom is 0.278 e. The molecule has 0 fully saturated rings. The van der Waals surface area contributed by atoms with Gasteiger partial charge < -0.3 is 5.11 Å². The molecule has 21 heavy (non-hydrogen) atoms. The summed E-state index contributed by atoms with van der Waals surface area (Å²) in [6.45, 7) is 4.03. The van der Waals surface area contributed by atoms with E-state index in [0.717, 1.165) is 11.1 Å². The molecule has 0 unspecified atom stereocenters. The van der Waals surface area contributed by atoms with Crippen LogP contribution in [0.15, 0.2) is 48.8 Å². The fourth-order valence-corrected chi connectivity index (χ4v) is 2.77. The second-order valence-corrected chi connectivity index (χ2v) is 6.27. The summed E-state index contributed by atoms with van der Waals surface area (Å²) in [5.41, 5.74) is 3.66. The lowest BCUT2D eigenvalue weighted by Gasteiger charge is -2.09. The molecule has 4 heteroatoms. The lowest BCUT2D eigenvalue weighted by molar-refractivity contribution is -0.575. The van der Waals surface area contributed by atoms with Gasteiger partial charge in [0, 0.05) is 17.7 Å². The van der Waals surface area contributed by atoms with Gasteiger partial charge in [-0.1, -0.05) is 42.0 Å². The van der Waals surface area contributed by atoms with Crippen molar-refractivity contribution in [1.82, 2.24) is 0 Å². The molecule has 0 atom stereocenters. The summed E-state index contributed by atoms with van der Waals surface area (Å²) in [5.74, 6) is 0.211. The molecule has 1 aromatic carbocycles. The zero-order chi connectivity index (χ0) is 15.4. The summed E-state index contributed by atoms with van der Waals surface area (Å²) < 4.78 is 2.51. The van der Waals surface area contributed by atoms with Crippen LogP contribution in [0.25, 0.3) is 11.5 Å². The number of nitrogens with zero attached hydrogens (tertiary/aromatic N) is 1. The van der Waals surface area contributed by atoms with E-state index in [4.69, 9.17) is 12.2 Å². The molecule has 2 nitrogen and oxygen atoms in total. The normalized spacial score (nSPS) is 12.0. The van der Waals surface area contributed by atoms with Crippen molar-refractivity contribution in [1.29, 1.82) is 0 Å². The summed E-state index contributed by atoms with van der Waals surface area (Å²) in [6, 6.07) is 11.8. The van der Waals surface area contributed by atoms with Gasteiger partial charge in [0.05, 0.1) is 0 Å². The van der Waals surface area contributed by atoms with E-state index < -0.39 is 0 Å². The molecule has 0 saturated carbocycles. The van der Waals surface area contributed by atoms with Gasteiger partial charge in [0.15, 0.2) is 18.2 Å². The summed E-state index contributed by atoms with van der Waals surface area (Å²) in [5, 5.41) is 10.8. The van der Waals surface area contributed by atoms with Crippen LogP contribution in [-0.2, 0) is 0 Å². The molecule has 0 saturated heterocycles. The number of benzene rings is 1. The number of thioether (sulfide) groups is 1. The first-order valence-electron chi connectivity index (χ1n) is 6.60. The SMILES string of the molecule is CSC(=S)/C(=C(/O)c1ccc(C)cc1C)[n+]1ccccc1. The molecule has 0 aliphatic rings. The van der Waals surface area contributed by atoms with E-state index in [1.165, 1.54) is 17.3 Å². The highest BCUT2D eigenvalue weighted by molar-refractivity contribution is 8.23. The van der Waals surface area contributed by atoms with Gasteiger partial charge >= 0.3 is 0 Å². The van der Waals surface area contributed by atoms with Crippen LogP contribution in [0.4, 0.5) is 0 Å². The Balaban J connectivity index is 2.65. The largest absolute Gasteiger partial charge is 0.502 e. The Bertz CT molecular complexity index is 693. The number of aryl methyl sites for hydroxylation is 2. The zero-order valence-corrected chi connectivity index (χ0v) is 14.0.